The second-order valence-corrected chi connectivity index (χ2v) is 6.46. The molecule has 0 spiro atoms. The van der Waals surface area contributed by atoms with Crippen LogP contribution in [0.15, 0.2) is 54.6 Å². The average Bonchev–Trinajstić information content (AvgIpc) is 2.70. The number of rotatable bonds is 9. The number of allylic oxidation sites excluding steroid dienone is 1. The van der Waals surface area contributed by atoms with Crippen LogP contribution in [0.1, 0.15) is 11.1 Å². The zero-order valence-corrected chi connectivity index (χ0v) is 16.9. The molecule has 2 aromatic rings. The highest BCUT2D eigenvalue weighted by atomic mass is 35.5. The van der Waals surface area contributed by atoms with Crippen LogP contribution in [0.3, 0.4) is 0 Å². The number of ether oxygens (including phenoxy) is 2. The zero-order valence-electron chi connectivity index (χ0n) is 16.1. The number of carboxylic acid groups (broad SMARTS) is 1. The minimum atomic E-state index is -1.13. The molecular weight excluding hydrogens is 408 g/mol. The Labute approximate surface area is 178 Å². The Balaban J connectivity index is 2.39. The third kappa shape index (κ3) is 6.12. The van der Waals surface area contributed by atoms with E-state index in [0.29, 0.717) is 28.3 Å². The van der Waals surface area contributed by atoms with Crippen LogP contribution < -0.4 is 14.8 Å². The fourth-order valence-electron chi connectivity index (χ4n) is 2.60. The Bertz CT molecular complexity index is 1040. The SMILES string of the molecule is C=CCc1cc(/C=C(/C#N)C(=O)Nc2cccc(Cl)c2)cc(OC)c1OCC(=O)O. The summed E-state index contributed by atoms with van der Waals surface area (Å²) in [5.41, 5.74) is 1.42. The number of carboxylic acids is 1. The molecule has 154 valence electrons. The summed E-state index contributed by atoms with van der Waals surface area (Å²) in [6, 6.07) is 11.7. The molecular formula is C22H19ClN2O5. The maximum atomic E-state index is 12.5. The van der Waals surface area contributed by atoms with Gasteiger partial charge >= 0.3 is 5.97 Å². The highest BCUT2D eigenvalue weighted by Crippen LogP contribution is 2.34. The number of amides is 1. The Morgan fingerprint density at radius 1 is 1.33 bits per heavy atom. The summed E-state index contributed by atoms with van der Waals surface area (Å²) < 4.78 is 10.7. The van der Waals surface area contributed by atoms with Gasteiger partial charge in [-0.25, -0.2) is 4.79 Å². The number of anilines is 1. The molecule has 0 saturated heterocycles. The number of aliphatic carboxylic acids is 1. The number of carbonyl (C=O) groups excluding carboxylic acids is 1. The Kier molecular flexibility index (Phi) is 8.03. The number of carbonyl (C=O) groups is 2. The first-order valence-corrected chi connectivity index (χ1v) is 9.10. The van der Waals surface area contributed by atoms with Crippen LogP contribution in [0, 0.1) is 11.3 Å². The van der Waals surface area contributed by atoms with Gasteiger partial charge in [0.05, 0.1) is 7.11 Å². The molecule has 2 rings (SSSR count). The van der Waals surface area contributed by atoms with Crippen molar-refractivity contribution in [2.45, 2.75) is 6.42 Å². The second kappa shape index (κ2) is 10.7. The fraction of sp³-hybridized carbons (Fsp3) is 0.136. The Morgan fingerprint density at radius 3 is 2.70 bits per heavy atom. The molecule has 2 N–H and O–H groups in total. The number of nitrogens with one attached hydrogen (secondary N) is 1. The first-order chi connectivity index (χ1) is 14.4. The van der Waals surface area contributed by atoms with Crippen LogP contribution in [0.25, 0.3) is 6.08 Å². The fourth-order valence-corrected chi connectivity index (χ4v) is 2.79. The summed E-state index contributed by atoms with van der Waals surface area (Å²) in [5.74, 6) is -1.20. The average molecular weight is 427 g/mol. The molecule has 2 aromatic carbocycles. The van der Waals surface area contributed by atoms with Crippen LogP contribution in [0.4, 0.5) is 5.69 Å². The molecule has 0 aliphatic rings. The minimum absolute atomic E-state index is 0.138. The maximum absolute atomic E-state index is 12.5. The molecule has 0 aliphatic heterocycles. The molecule has 0 saturated carbocycles. The van der Waals surface area contributed by atoms with Gasteiger partial charge in [-0.05, 0) is 48.4 Å². The normalized spacial score (nSPS) is 10.6. The van der Waals surface area contributed by atoms with E-state index in [0.717, 1.165) is 0 Å². The van der Waals surface area contributed by atoms with Gasteiger partial charge in [-0.2, -0.15) is 5.26 Å². The minimum Gasteiger partial charge on any atom is -0.493 e. The van der Waals surface area contributed by atoms with Crippen molar-refractivity contribution in [2.75, 3.05) is 19.0 Å². The number of methoxy groups -OCH3 is 1. The highest BCUT2D eigenvalue weighted by molar-refractivity contribution is 6.31. The number of hydrogen-bond acceptors (Lipinski definition) is 5. The molecule has 1 amide bonds. The topological polar surface area (TPSA) is 109 Å². The lowest BCUT2D eigenvalue weighted by atomic mass is 10.0. The molecule has 7 nitrogen and oxygen atoms in total. The lowest BCUT2D eigenvalue weighted by Crippen LogP contribution is -2.13. The molecule has 0 atom stereocenters. The highest BCUT2D eigenvalue weighted by Gasteiger charge is 2.15. The monoisotopic (exact) mass is 426 g/mol. The van der Waals surface area contributed by atoms with Crippen molar-refractivity contribution in [2.24, 2.45) is 0 Å². The zero-order chi connectivity index (χ0) is 22.1. The smallest absolute Gasteiger partial charge is 0.341 e. The quantitative estimate of drug-likeness (QED) is 0.355. The van der Waals surface area contributed by atoms with E-state index in [9.17, 15) is 14.9 Å². The van der Waals surface area contributed by atoms with E-state index in [1.54, 1.807) is 42.5 Å². The van der Waals surface area contributed by atoms with Gasteiger partial charge < -0.3 is 19.9 Å². The number of halogens is 1. The lowest BCUT2D eigenvalue weighted by Gasteiger charge is -2.15. The van der Waals surface area contributed by atoms with Crippen molar-refractivity contribution in [1.29, 1.82) is 5.26 Å². The summed E-state index contributed by atoms with van der Waals surface area (Å²) in [4.78, 5) is 23.3. The van der Waals surface area contributed by atoms with Gasteiger partial charge in [-0.15, -0.1) is 6.58 Å². The van der Waals surface area contributed by atoms with Crippen LogP contribution in [-0.4, -0.2) is 30.7 Å². The molecule has 0 heterocycles. The number of nitrogens with zero attached hydrogens (tertiary/aromatic N) is 1. The van der Waals surface area contributed by atoms with Gasteiger partial charge in [0.2, 0.25) is 0 Å². The van der Waals surface area contributed by atoms with Crippen molar-refractivity contribution in [3.05, 3.63) is 70.8 Å². The number of benzene rings is 2. The third-order valence-corrected chi connectivity index (χ3v) is 4.07. The van der Waals surface area contributed by atoms with E-state index in [2.05, 4.69) is 11.9 Å². The molecule has 0 fully saturated rings. The van der Waals surface area contributed by atoms with E-state index in [-0.39, 0.29) is 17.1 Å². The largest absolute Gasteiger partial charge is 0.493 e. The van der Waals surface area contributed by atoms with Gasteiger partial charge in [-0.3, -0.25) is 4.79 Å². The van der Waals surface area contributed by atoms with Gasteiger partial charge in [0.25, 0.3) is 5.91 Å². The summed E-state index contributed by atoms with van der Waals surface area (Å²) in [5, 5.41) is 21.4. The second-order valence-electron chi connectivity index (χ2n) is 6.02. The van der Waals surface area contributed by atoms with E-state index < -0.39 is 18.5 Å². The van der Waals surface area contributed by atoms with Crippen molar-refractivity contribution in [3.63, 3.8) is 0 Å². The Morgan fingerprint density at radius 2 is 2.10 bits per heavy atom. The van der Waals surface area contributed by atoms with Crippen LogP contribution >= 0.6 is 11.6 Å². The van der Waals surface area contributed by atoms with Crippen LogP contribution in [-0.2, 0) is 16.0 Å². The van der Waals surface area contributed by atoms with Crippen molar-refractivity contribution < 1.29 is 24.2 Å². The molecule has 0 bridgehead atoms. The molecule has 0 unspecified atom stereocenters. The summed E-state index contributed by atoms with van der Waals surface area (Å²) in [7, 11) is 1.41. The lowest BCUT2D eigenvalue weighted by molar-refractivity contribution is -0.139. The Hall–Kier alpha value is -3.76. The van der Waals surface area contributed by atoms with E-state index in [4.69, 9.17) is 26.2 Å². The van der Waals surface area contributed by atoms with Gasteiger partial charge in [0.15, 0.2) is 18.1 Å². The standard InChI is InChI=1S/C22H19ClN2O5/c1-3-5-15-8-14(10-19(29-2)21(15)30-13-20(26)27)9-16(12-24)22(28)25-18-7-4-6-17(23)11-18/h3-4,6-11H,1,5,13H2,2H3,(H,25,28)(H,26,27)/b16-9-. The first kappa shape index (κ1) is 22.5. The third-order valence-electron chi connectivity index (χ3n) is 3.84. The summed E-state index contributed by atoms with van der Waals surface area (Å²) in [6.07, 6.45) is 3.38. The molecule has 0 aliphatic carbocycles. The van der Waals surface area contributed by atoms with Gasteiger partial charge in [0.1, 0.15) is 11.6 Å². The van der Waals surface area contributed by atoms with E-state index in [1.165, 1.54) is 13.2 Å². The van der Waals surface area contributed by atoms with E-state index in [1.807, 2.05) is 6.07 Å². The predicted octanol–water partition coefficient (Wildman–Crippen LogP) is 4.09. The summed E-state index contributed by atoms with van der Waals surface area (Å²) in [6.45, 7) is 3.14. The van der Waals surface area contributed by atoms with Crippen molar-refractivity contribution in [1.82, 2.24) is 0 Å². The number of nitriles is 1. The van der Waals surface area contributed by atoms with Gasteiger partial charge in [0, 0.05) is 16.3 Å². The molecule has 0 aromatic heterocycles. The number of hydrogen-bond donors (Lipinski definition) is 2. The van der Waals surface area contributed by atoms with Gasteiger partial charge in [-0.1, -0.05) is 23.7 Å². The molecule has 8 heteroatoms. The predicted molar refractivity (Wildman–Crippen MR) is 114 cm³/mol. The molecule has 0 radical (unpaired) electrons. The first-order valence-electron chi connectivity index (χ1n) is 8.73. The van der Waals surface area contributed by atoms with Crippen LogP contribution in [0.2, 0.25) is 5.02 Å². The molecule has 30 heavy (non-hydrogen) atoms. The van der Waals surface area contributed by atoms with Crippen molar-refractivity contribution in [3.8, 4) is 17.6 Å². The van der Waals surface area contributed by atoms with Crippen LogP contribution in [0.5, 0.6) is 11.5 Å². The summed E-state index contributed by atoms with van der Waals surface area (Å²) >= 11 is 5.91. The van der Waals surface area contributed by atoms with E-state index >= 15 is 0 Å². The maximum Gasteiger partial charge on any atom is 0.341 e. The van der Waals surface area contributed by atoms with Crippen molar-refractivity contribution >= 4 is 35.2 Å².